The first kappa shape index (κ1) is 24.0. The molecule has 0 N–H and O–H groups in total. The van der Waals surface area contributed by atoms with E-state index in [2.05, 4.69) is 158 Å². The highest BCUT2D eigenvalue weighted by Crippen LogP contribution is 2.45. The Morgan fingerprint density at radius 2 is 0.907 bits per heavy atom. The molecule has 1 aromatic heterocycles. The summed E-state index contributed by atoms with van der Waals surface area (Å²) < 4.78 is 6.51. The molecule has 0 spiro atoms. The van der Waals surface area contributed by atoms with Crippen LogP contribution < -0.4 is 0 Å². The number of rotatable bonds is 3. The summed E-state index contributed by atoms with van der Waals surface area (Å²) in [6.07, 6.45) is 0. The zero-order valence-electron chi connectivity index (χ0n) is 23.4. The average Bonchev–Trinajstić information content (AvgIpc) is 3.47. The van der Waals surface area contributed by atoms with E-state index in [1.54, 1.807) is 0 Å². The van der Waals surface area contributed by atoms with Crippen LogP contribution in [0.3, 0.4) is 0 Å². The van der Waals surface area contributed by atoms with Gasteiger partial charge in [0.05, 0.1) is 0 Å². The van der Waals surface area contributed by atoms with Gasteiger partial charge in [0.1, 0.15) is 11.2 Å². The van der Waals surface area contributed by atoms with Crippen molar-refractivity contribution in [3.63, 3.8) is 0 Å². The number of furan rings is 1. The van der Waals surface area contributed by atoms with Crippen LogP contribution in [0.2, 0.25) is 0 Å². The standard InChI is InChI=1S/C42H26O/c1-2-13-28(14-3-1)39-33-18-6-8-20-35(33)40(36-21-9-7-19-34(36)39)30-16-10-15-29(26-30)31-22-11-23-38-41(31)37-25-24-27-12-4-5-17-32(27)42(37)43-38/h1-26H. The topological polar surface area (TPSA) is 13.1 Å². The third kappa shape index (κ3) is 3.65. The molecular formula is C42H26O. The predicted molar refractivity (Wildman–Crippen MR) is 183 cm³/mol. The minimum atomic E-state index is 0.914. The van der Waals surface area contributed by atoms with Crippen molar-refractivity contribution in [3.8, 4) is 33.4 Å². The van der Waals surface area contributed by atoms with Crippen LogP contribution in [0.1, 0.15) is 0 Å². The number of hydrogen-bond donors (Lipinski definition) is 0. The third-order valence-electron chi connectivity index (χ3n) is 8.84. The Balaban J connectivity index is 1.32. The summed E-state index contributed by atoms with van der Waals surface area (Å²) in [5, 5.41) is 9.70. The Bertz CT molecular complexity index is 2440. The van der Waals surface area contributed by atoms with Crippen LogP contribution in [-0.4, -0.2) is 0 Å². The molecule has 0 saturated carbocycles. The first-order chi connectivity index (χ1) is 21.3. The van der Waals surface area contributed by atoms with Gasteiger partial charge in [0, 0.05) is 16.2 Å². The van der Waals surface area contributed by atoms with Crippen LogP contribution in [0.4, 0.5) is 0 Å². The summed E-state index contributed by atoms with van der Waals surface area (Å²) in [6.45, 7) is 0. The van der Waals surface area contributed by atoms with Gasteiger partial charge in [-0.05, 0) is 78.5 Å². The van der Waals surface area contributed by atoms with Crippen molar-refractivity contribution in [2.45, 2.75) is 0 Å². The molecule has 8 aromatic carbocycles. The lowest BCUT2D eigenvalue weighted by Crippen LogP contribution is -1.91. The second-order valence-corrected chi connectivity index (χ2v) is 11.2. The maximum atomic E-state index is 6.51. The quantitative estimate of drug-likeness (QED) is 0.201. The van der Waals surface area contributed by atoms with Crippen molar-refractivity contribution in [2.24, 2.45) is 0 Å². The van der Waals surface area contributed by atoms with E-state index in [1.807, 2.05) is 0 Å². The zero-order valence-corrected chi connectivity index (χ0v) is 23.4. The van der Waals surface area contributed by atoms with Gasteiger partial charge in [-0.2, -0.15) is 0 Å². The van der Waals surface area contributed by atoms with Crippen LogP contribution in [-0.2, 0) is 0 Å². The number of hydrogen-bond acceptors (Lipinski definition) is 1. The van der Waals surface area contributed by atoms with E-state index >= 15 is 0 Å². The first-order valence-electron chi connectivity index (χ1n) is 14.8. The van der Waals surface area contributed by atoms with Gasteiger partial charge in [-0.15, -0.1) is 0 Å². The van der Waals surface area contributed by atoms with E-state index in [1.165, 1.54) is 60.3 Å². The third-order valence-corrected chi connectivity index (χ3v) is 8.84. The highest BCUT2D eigenvalue weighted by atomic mass is 16.3. The van der Waals surface area contributed by atoms with Gasteiger partial charge in [-0.1, -0.05) is 140 Å². The molecule has 43 heavy (non-hydrogen) atoms. The second kappa shape index (κ2) is 9.44. The van der Waals surface area contributed by atoms with Crippen molar-refractivity contribution in [1.29, 1.82) is 0 Å². The fourth-order valence-corrected chi connectivity index (χ4v) is 6.99. The molecule has 0 unspecified atom stereocenters. The zero-order chi connectivity index (χ0) is 28.3. The van der Waals surface area contributed by atoms with Gasteiger partial charge in [0.2, 0.25) is 0 Å². The van der Waals surface area contributed by atoms with Crippen molar-refractivity contribution < 1.29 is 4.42 Å². The lowest BCUT2D eigenvalue weighted by atomic mass is 9.85. The summed E-state index contributed by atoms with van der Waals surface area (Å²) in [5.41, 5.74) is 9.22. The molecule has 0 saturated heterocycles. The lowest BCUT2D eigenvalue weighted by molar-refractivity contribution is 0.673. The van der Waals surface area contributed by atoms with Crippen molar-refractivity contribution in [1.82, 2.24) is 0 Å². The molecule has 1 heterocycles. The fraction of sp³-hybridized carbons (Fsp3) is 0. The van der Waals surface area contributed by atoms with Crippen molar-refractivity contribution in [3.05, 3.63) is 158 Å². The Kier molecular flexibility index (Phi) is 5.27. The molecule has 1 heteroatoms. The Hall–Kier alpha value is -5.66. The smallest absolute Gasteiger partial charge is 0.143 e. The van der Waals surface area contributed by atoms with Gasteiger partial charge in [-0.25, -0.2) is 0 Å². The van der Waals surface area contributed by atoms with E-state index in [-0.39, 0.29) is 0 Å². The number of benzene rings is 8. The Morgan fingerprint density at radius 1 is 0.349 bits per heavy atom. The second-order valence-electron chi connectivity index (χ2n) is 11.2. The molecule has 0 bridgehead atoms. The van der Waals surface area contributed by atoms with Gasteiger partial charge < -0.3 is 4.42 Å². The largest absolute Gasteiger partial charge is 0.455 e. The maximum Gasteiger partial charge on any atom is 0.143 e. The molecule has 0 aliphatic rings. The van der Waals surface area contributed by atoms with Gasteiger partial charge in [0.15, 0.2) is 0 Å². The molecule has 0 amide bonds. The maximum absolute atomic E-state index is 6.51. The van der Waals surface area contributed by atoms with Gasteiger partial charge in [-0.3, -0.25) is 0 Å². The van der Waals surface area contributed by atoms with Crippen LogP contribution >= 0.6 is 0 Å². The summed E-state index contributed by atoms with van der Waals surface area (Å²) in [6, 6.07) is 56.7. The molecule has 0 aliphatic heterocycles. The molecule has 200 valence electrons. The fourth-order valence-electron chi connectivity index (χ4n) is 6.99. The van der Waals surface area contributed by atoms with E-state index in [9.17, 15) is 0 Å². The van der Waals surface area contributed by atoms with Crippen LogP contribution in [0, 0.1) is 0 Å². The van der Waals surface area contributed by atoms with Crippen LogP contribution in [0.15, 0.2) is 162 Å². The normalized spacial score (nSPS) is 11.7. The Labute approximate surface area is 249 Å². The predicted octanol–water partition coefficient (Wildman–Crippen LogP) is 12.0. The molecule has 0 aliphatic carbocycles. The van der Waals surface area contributed by atoms with Gasteiger partial charge >= 0.3 is 0 Å². The first-order valence-corrected chi connectivity index (χ1v) is 14.8. The van der Waals surface area contributed by atoms with E-state index in [0.717, 1.165) is 27.3 Å². The molecule has 0 radical (unpaired) electrons. The van der Waals surface area contributed by atoms with E-state index < -0.39 is 0 Å². The van der Waals surface area contributed by atoms with Crippen LogP contribution in [0.25, 0.3) is 87.6 Å². The minimum Gasteiger partial charge on any atom is -0.455 e. The molecule has 0 fully saturated rings. The SMILES string of the molecule is c1ccc(-c2c3ccccc3c(-c3cccc(-c4cccc5oc6c7ccccc7ccc6c45)c3)c3ccccc23)cc1. The van der Waals surface area contributed by atoms with E-state index in [0.29, 0.717) is 0 Å². The van der Waals surface area contributed by atoms with Crippen molar-refractivity contribution >= 4 is 54.3 Å². The monoisotopic (exact) mass is 546 g/mol. The number of fused-ring (bicyclic) bond motifs is 7. The highest BCUT2D eigenvalue weighted by molar-refractivity contribution is 6.22. The van der Waals surface area contributed by atoms with E-state index in [4.69, 9.17) is 4.42 Å². The molecule has 1 nitrogen and oxygen atoms in total. The summed E-state index contributed by atoms with van der Waals surface area (Å²) in [5.74, 6) is 0. The molecule has 9 rings (SSSR count). The highest BCUT2D eigenvalue weighted by Gasteiger charge is 2.18. The molecular weight excluding hydrogens is 520 g/mol. The average molecular weight is 547 g/mol. The molecule has 9 aromatic rings. The summed E-state index contributed by atoms with van der Waals surface area (Å²) >= 11 is 0. The Morgan fingerprint density at radius 3 is 1.63 bits per heavy atom. The summed E-state index contributed by atoms with van der Waals surface area (Å²) in [7, 11) is 0. The van der Waals surface area contributed by atoms with Gasteiger partial charge in [0.25, 0.3) is 0 Å². The lowest BCUT2D eigenvalue weighted by Gasteiger charge is -2.18. The van der Waals surface area contributed by atoms with Crippen molar-refractivity contribution in [2.75, 3.05) is 0 Å². The summed E-state index contributed by atoms with van der Waals surface area (Å²) in [4.78, 5) is 0. The minimum absolute atomic E-state index is 0.914. The van der Waals surface area contributed by atoms with Crippen LogP contribution in [0.5, 0.6) is 0 Å². The molecule has 0 atom stereocenters.